The Hall–Kier alpha value is -1.06. The van der Waals surface area contributed by atoms with Crippen LogP contribution < -0.4 is 4.74 Å². The number of benzene rings is 2. The van der Waals surface area contributed by atoms with Crippen molar-refractivity contribution < 1.29 is 4.74 Å². The minimum absolute atomic E-state index is 0.734. The number of hydrogen-bond acceptors (Lipinski definition) is 3. The molecule has 0 aliphatic carbocycles. The summed E-state index contributed by atoms with van der Waals surface area (Å²) in [5.41, 5.74) is 0. The van der Waals surface area contributed by atoms with Gasteiger partial charge in [0.15, 0.2) is 0 Å². The molecule has 2 aromatic rings. The molecule has 0 saturated carbocycles. The topological polar surface area (TPSA) is 9.23 Å². The second-order valence-corrected chi connectivity index (χ2v) is 5.73. The maximum absolute atomic E-state index is 5.70. The van der Waals surface area contributed by atoms with Crippen molar-refractivity contribution in [3.63, 3.8) is 0 Å². The van der Waals surface area contributed by atoms with Crippen LogP contribution in [0.3, 0.4) is 0 Å². The van der Waals surface area contributed by atoms with E-state index in [0.717, 1.165) is 18.1 Å². The van der Waals surface area contributed by atoms with Crippen LogP contribution in [0.5, 0.6) is 5.75 Å². The fourth-order valence-corrected chi connectivity index (χ4v) is 2.67. The van der Waals surface area contributed by atoms with Gasteiger partial charge in [-0.1, -0.05) is 18.2 Å². The van der Waals surface area contributed by atoms with E-state index in [9.17, 15) is 0 Å². The lowest BCUT2D eigenvalue weighted by atomic mass is 10.3. The molecule has 0 aromatic heterocycles. The van der Waals surface area contributed by atoms with Crippen LogP contribution in [0.1, 0.15) is 0 Å². The fraction of sp³-hybridized carbons (Fsp3) is 0.200. The van der Waals surface area contributed by atoms with Crippen molar-refractivity contribution in [2.75, 3.05) is 18.6 Å². The first-order valence-electron chi connectivity index (χ1n) is 5.83. The molecule has 0 atom stereocenters. The molecule has 3 heteroatoms. The molecule has 0 fully saturated rings. The quantitative estimate of drug-likeness (QED) is 0.564. The molecule has 0 bridgehead atoms. The Balaban J connectivity index is 1.72. The molecule has 0 radical (unpaired) electrons. The van der Waals surface area contributed by atoms with Gasteiger partial charge in [0.2, 0.25) is 0 Å². The highest BCUT2D eigenvalue weighted by Gasteiger charge is 1.96. The van der Waals surface area contributed by atoms with E-state index in [1.54, 1.807) is 11.8 Å². The Morgan fingerprint density at radius 2 is 1.61 bits per heavy atom. The highest BCUT2D eigenvalue weighted by Crippen LogP contribution is 2.20. The summed E-state index contributed by atoms with van der Waals surface area (Å²) in [6.45, 7) is 0.734. The van der Waals surface area contributed by atoms with Gasteiger partial charge in [-0.25, -0.2) is 0 Å². The average molecular weight is 276 g/mol. The van der Waals surface area contributed by atoms with Crippen molar-refractivity contribution in [2.45, 2.75) is 9.79 Å². The second kappa shape index (κ2) is 7.39. The average Bonchev–Trinajstić information content (AvgIpc) is 2.45. The van der Waals surface area contributed by atoms with Crippen molar-refractivity contribution in [3.8, 4) is 5.75 Å². The molecule has 0 N–H and O–H groups in total. The Bertz CT molecular complexity index is 454. The van der Waals surface area contributed by atoms with Crippen LogP contribution in [0.2, 0.25) is 0 Å². The van der Waals surface area contributed by atoms with Crippen molar-refractivity contribution in [1.29, 1.82) is 0 Å². The SMILES string of the molecule is CSc1ccc(OCCSc2ccccc2)cc1. The number of rotatable bonds is 6. The van der Waals surface area contributed by atoms with Crippen LogP contribution >= 0.6 is 23.5 Å². The molecular formula is C15H16OS2. The zero-order valence-corrected chi connectivity index (χ0v) is 12.0. The Labute approximate surface area is 117 Å². The van der Waals surface area contributed by atoms with Crippen LogP contribution in [0.25, 0.3) is 0 Å². The smallest absolute Gasteiger partial charge is 0.119 e. The molecule has 18 heavy (non-hydrogen) atoms. The largest absolute Gasteiger partial charge is 0.493 e. The molecule has 0 unspecified atom stereocenters. The van der Waals surface area contributed by atoms with Crippen molar-refractivity contribution >= 4 is 23.5 Å². The molecule has 1 nitrogen and oxygen atoms in total. The van der Waals surface area contributed by atoms with Crippen molar-refractivity contribution in [2.24, 2.45) is 0 Å². The molecule has 0 spiro atoms. The van der Waals surface area contributed by atoms with Gasteiger partial charge < -0.3 is 4.74 Å². The van der Waals surface area contributed by atoms with Gasteiger partial charge in [-0.05, 0) is 42.7 Å². The van der Waals surface area contributed by atoms with Crippen LogP contribution in [0.15, 0.2) is 64.4 Å². The van der Waals surface area contributed by atoms with Gasteiger partial charge in [-0.15, -0.1) is 23.5 Å². The van der Waals surface area contributed by atoms with E-state index in [4.69, 9.17) is 4.74 Å². The summed E-state index contributed by atoms with van der Waals surface area (Å²) >= 11 is 3.56. The van der Waals surface area contributed by atoms with Crippen LogP contribution in [-0.4, -0.2) is 18.6 Å². The first kappa shape index (κ1) is 13.4. The first-order chi connectivity index (χ1) is 8.88. The van der Waals surface area contributed by atoms with Gasteiger partial charge in [0, 0.05) is 15.5 Å². The lowest BCUT2D eigenvalue weighted by Gasteiger charge is -2.06. The van der Waals surface area contributed by atoms with E-state index in [-0.39, 0.29) is 0 Å². The molecule has 2 aromatic carbocycles. The zero-order chi connectivity index (χ0) is 12.6. The normalized spacial score (nSPS) is 10.3. The highest BCUT2D eigenvalue weighted by atomic mass is 32.2. The van der Waals surface area contributed by atoms with Gasteiger partial charge in [-0.3, -0.25) is 0 Å². The summed E-state index contributed by atoms with van der Waals surface area (Å²) in [6.07, 6.45) is 2.08. The Morgan fingerprint density at radius 1 is 0.889 bits per heavy atom. The van der Waals surface area contributed by atoms with Gasteiger partial charge in [0.05, 0.1) is 6.61 Å². The van der Waals surface area contributed by atoms with E-state index in [1.165, 1.54) is 9.79 Å². The zero-order valence-electron chi connectivity index (χ0n) is 10.3. The first-order valence-corrected chi connectivity index (χ1v) is 8.04. The predicted molar refractivity (Wildman–Crippen MR) is 80.9 cm³/mol. The standard InChI is InChI=1S/C15H16OS2/c1-17-14-9-7-13(8-10-14)16-11-12-18-15-5-3-2-4-6-15/h2-10H,11-12H2,1H3. The summed E-state index contributed by atoms with van der Waals surface area (Å²) in [6, 6.07) is 18.6. The van der Waals surface area contributed by atoms with Crippen molar-refractivity contribution in [3.05, 3.63) is 54.6 Å². The van der Waals surface area contributed by atoms with Gasteiger partial charge in [0.25, 0.3) is 0 Å². The minimum Gasteiger partial charge on any atom is -0.493 e. The molecule has 0 saturated heterocycles. The van der Waals surface area contributed by atoms with E-state index in [2.05, 4.69) is 42.7 Å². The van der Waals surface area contributed by atoms with Gasteiger partial charge in [-0.2, -0.15) is 0 Å². The summed E-state index contributed by atoms with van der Waals surface area (Å²) < 4.78 is 5.70. The van der Waals surface area contributed by atoms with Crippen molar-refractivity contribution in [1.82, 2.24) is 0 Å². The third-order valence-corrected chi connectivity index (χ3v) is 4.14. The lowest BCUT2D eigenvalue weighted by Crippen LogP contribution is -1.99. The van der Waals surface area contributed by atoms with E-state index in [1.807, 2.05) is 30.0 Å². The predicted octanol–water partition coefficient (Wildman–Crippen LogP) is 4.58. The summed E-state index contributed by atoms with van der Waals surface area (Å²) in [7, 11) is 0. The summed E-state index contributed by atoms with van der Waals surface area (Å²) in [5.74, 6) is 1.91. The van der Waals surface area contributed by atoms with E-state index < -0.39 is 0 Å². The monoisotopic (exact) mass is 276 g/mol. The highest BCUT2D eigenvalue weighted by molar-refractivity contribution is 7.99. The maximum atomic E-state index is 5.70. The fourth-order valence-electron chi connectivity index (χ4n) is 1.51. The third-order valence-electron chi connectivity index (χ3n) is 2.42. The van der Waals surface area contributed by atoms with Gasteiger partial charge >= 0.3 is 0 Å². The van der Waals surface area contributed by atoms with Crippen LogP contribution in [-0.2, 0) is 0 Å². The number of thioether (sulfide) groups is 2. The Kier molecular flexibility index (Phi) is 5.49. The molecule has 2 rings (SSSR count). The maximum Gasteiger partial charge on any atom is 0.119 e. The molecule has 0 heterocycles. The summed E-state index contributed by atoms with van der Waals surface area (Å²) in [4.78, 5) is 2.56. The van der Waals surface area contributed by atoms with Gasteiger partial charge in [0.1, 0.15) is 5.75 Å². The van der Waals surface area contributed by atoms with E-state index >= 15 is 0 Å². The molecule has 0 aliphatic heterocycles. The molecule has 0 aliphatic rings. The second-order valence-electron chi connectivity index (χ2n) is 3.69. The number of ether oxygens (including phenoxy) is 1. The number of hydrogen-bond donors (Lipinski definition) is 0. The molecule has 0 amide bonds. The minimum atomic E-state index is 0.734. The summed E-state index contributed by atoms with van der Waals surface area (Å²) in [5, 5.41) is 0. The lowest BCUT2D eigenvalue weighted by molar-refractivity contribution is 0.343. The molecular weight excluding hydrogens is 260 g/mol. The van der Waals surface area contributed by atoms with E-state index in [0.29, 0.717) is 0 Å². The van der Waals surface area contributed by atoms with Crippen LogP contribution in [0, 0.1) is 0 Å². The third kappa shape index (κ3) is 4.31. The van der Waals surface area contributed by atoms with Crippen LogP contribution in [0.4, 0.5) is 0 Å². The Morgan fingerprint density at radius 3 is 2.28 bits per heavy atom. The molecule has 94 valence electrons.